The van der Waals surface area contributed by atoms with Gasteiger partial charge in [-0.05, 0) is 43.2 Å². The molecule has 1 unspecified atom stereocenters. The first kappa shape index (κ1) is 17.2. The number of benzene rings is 2. The number of aliphatic hydroxyl groups excluding tert-OH is 1. The monoisotopic (exact) mass is 323 g/mol. The highest BCUT2D eigenvalue weighted by Gasteiger charge is 2.29. The quantitative estimate of drug-likeness (QED) is 0.838. The van der Waals surface area contributed by atoms with Crippen LogP contribution >= 0.6 is 0 Å². The summed E-state index contributed by atoms with van der Waals surface area (Å²) in [6.45, 7) is 3.91. The maximum Gasteiger partial charge on any atom is 0.0540 e. The van der Waals surface area contributed by atoms with Gasteiger partial charge in [0.2, 0.25) is 0 Å². The third-order valence-corrected chi connectivity index (χ3v) is 5.34. The van der Waals surface area contributed by atoms with Crippen molar-refractivity contribution in [2.75, 3.05) is 0 Å². The van der Waals surface area contributed by atoms with E-state index >= 15 is 0 Å². The SMILES string of the molecule is CC(O)[C@H]1CCC[C@@H](N(Cc2ccccc2)Cc2ccccc2)C1. The van der Waals surface area contributed by atoms with Crippen molar-refractivity contribution in [1.82, 2.24) is 4.90 Å². The van der Waals surface area contributed by atoms with Crippen molar-refractivity contribution in [3.05, 3.63) is 71.8 Å². The summed E-state index contributed by atoms with van der Waals surface area (Å²) >= 11 is 0. The number of rotatable bonds is 6. The van der Waals surface area contributed by atoms with Gasteiger partial charge in [0.15, 0.2) is 0 Å². The number of hydrogen-bond donors (Lipinski definition) is 1. The molecule has 0 aliphatic heterocycles. The molecule has 0 bridgehead atoms. The van der Waals surface area contributed by atoms with E-state index in [0.29, 0.717) is 12.0 Å². The molecule has 0 heterocycles. The average molecular weight is 323 g/mol. The van der Waals surface area contributed by atoms with E-state index in [1.54, 1.807) is 0 Å². The van der Waals surface area contributed by atoms with E-state index in [9.17, 15) is 5.11 Å². The van der Waals surface area contributed by atoms with E-state index in [1.165, 1.54) is 30.4 Å². The highest BCUT2D eigenvalue weighted by molar-refractivity contribution is 5.17. The zero-order valence-corrected chi connectivity index (χ0v) is 14.6. The fourth-order valence-electron chi connectivity index (χ4n) is 3.92. The molecule has 0 spiro atoms. The minimum absolute atomic E-state index is 0.192. The lowest BCUT2D eigenvalue weighted by atomic mass is 9.82. The minimum atomic E-state index is -0.192. The standard InChI is InChI=1S/C22H29NO/c1-18(24)21-13-8-14-22(15-21)23(16-19-9-4-2-5-10-19)17-20-11-6-3-7-12-20/h2-7,9-12,18,21-22,24H,8,13-17H2,1H3/t18?,21-,22+/m0/s1. The summed E-state index contributed by atoms with van der Waals surface area (Å²) in [6.07, 6.45) is 4.54. The van der Waals surface area contributed by atoms with E-state index in [4.69, 9.17) is 0 Å². The van der Waals surface area contributed by atoms with Crippen molar-refractivity contribution in [1.29, 1.82) is 0 Å². The highest BCUT2D eigenvalue weighted by atomic mass is 16.3. The Kier molecular flexibility index (Phi) is 6.06. The van der Waals surface area contributed by atoms with Crippen LogP contribution in [0.25, 0.3) is 0 Å². The van der Waals surface area contributed by atoms with Gasteiger partial charge < -0.3 is 5.11 Å². The second kappa shape index (κ2) is 8.46. The van der Waals surface area contributed by atoms with E-state index in [1.807, 2.05) is 6.92 Å². The van der Waals surface area contributed by atoms with Crippen LogP contribution in [0.15, 0.2) is 60.7 Å². The second-order valence-corrected chi connectivity index (χ2v) is 7.20. The van der Waals surface area contributed by atoms with Crippen LogP contribution in [-0.2, 0) is 13.1 Å². The molecule has 2 heteroatoms. The maximum atomic E-state index is 10.0. The fraction of sp³-hybridized carbons (Fsp3) is 0.455. The Morgan fingerprint density at radius 3 is 1.96 bits per heavy atom. The van der Waals surface area contributed by atoms with Gasteiger partial charge in [-0.3, -0.25) is 4.90 Å². The van der Waals surface area contributed by atoms with Gasteiger partial charge in [-0.25, -0.2) is 0 Å². The van der Waals surface area contributed by atoms with Crippen molar-refractivity contribution >= 4 is 0 Å². The van der Waals surface area contributed by atoms with Gasteiger partial charge in [0, 0.05) is 19.1 Å². The molecule has 3 rings (SSSR count). The first-order valence-electron chi connectivity index (χ1n) is 9.22. The second-order valence-electron chi connectivity index (χ2n) is 7.20. The Balaban J connectivity index is 1.75. The molecule has 2 aromatic rings. The van der Waals surface area contributed by atoms with Crippen LogP contribution in [-0.4, -0.2) is 22.2 Å². The molecule has 1 saturated carbocycles. The lowest BCUT2D eigenvalue weighted by molar-refractivity contribution is 0.0505. The molecule has 1 aliphatic rings. The molecule has 0 amide bonds. The van der Waals surface area contributed by atoms with Gasteiger partial charge in [0.05, 0.1) is 6.10 Å². The number of aliphatic hydroxyl groups is 1. The first-order chi connectivity index (χ1) is 11.7. The normalized spacial score (nSPS) is 22.5. The molecule has 24 heavy (non-hydrogen) atoms. The lowest BCUT2D eigenvalue weighted by Gasteiger charge is -2.38. The van der Waals surface area contributed by atoms with Gasteiger partial charge in [-0.1, -0.05) is 67.1 Å². The number of nitrogens with zero attached hydrogens (tertiary/aromatic N) is 1. The first-order valence-corrected chi connectivity index (χ1v) is 9.22. The largest absolute Gasteiger partial charge is 0.393 e. The zero-order valence-electron chi connectivity index (χ0n) is 14.6. The van der Waals surface area contributed by atoms with Crippen molar-refractivity contribution in [3.8, 4) is 0 Å². The lowest BCUT2D eigenvalue weighted by Crippen LogP contribution is -2.40. The van der Waals surface area contributed by atoms with E-state index in [2.05, 4.69) is 65.6 Å². The topological polar surface area (TPSA) is 23.5 Å². The average Bonchev–Trinajstić information content (AvgIpc) is 2.63. The van der Waals surface area contributed by atoms with E-state index in [0.717, 1.165) is 19.5 Å². The van der Waals surface area contributed by atoms with E-state index < -0.39 is 0 Å². The predicted molar refractivity (Wildman–Crippen MR) is 99.6 cm³/mol. The van der Waals surface area contributed by atoms with Crippen LogP contribution in [0.1, 0.15) is 43.7 Å². The fourth-order valence-corrected chi connectivity index (χ4v) is 3.92. The summed E-state index contributed by atoms with van der Waals surface area (Å²) in [7, 11) is 0. The Hall–Kier alpha value is -1.64. The van der Waals surface area contributed by atoms with Crippen LogP contribution in [0.4, 0.5) is 0 Å². The number of hydrogen-bond acceptors (Lipinski definition) is 2. The van der Waals surface area contributed by atoms with Gasteiger partial charge in [0.25, 0.3) is 0 Å². The van der Waals surface area contributed by atoms with Crippen molar-refractivity contribution in [3.63, 3.8) is 0 Å². The third-order valence-electron chi connectivity index (χ3n) is 5.34. The molecule has 3 atom stereocenters. The van der Waals surface area contributed by atoms with Crippen LogP contribution in [0.3, 0.4) is 0 Å². The Morgan fingerprint density at radius 2 is 1.46 bits per heavy atom. The minimum Gasteiger partial charge on any atom is -0.393 e. The Labute approximate surface area is 146 Å². The van der Waals surface area contributed by atoms with Gasteiger partial charge in [-0.2, -0.15) is 0 Å². The summed E-state index contributed by atoms with van der Waals surface area (Å²) in [4.78, 5) is 2.61. The molecule has 128 valence electrons. The molecule has 0 saturated heterocycles. The molecule has 2 nitrogen and oxygen atoms in total. The summed E-state index contributed by atoms with van der Waals surface area (Å²) in [5.41, 5.74) is 2.74. The van der Waals surface area contributed by atoms with Crippen molar-refractivity contribution < 1.29 is 5.11 Å². The molecule has 1 fully saturated rings. The van der Waals surface area contributed by atoms with Gasteiger partial charge in [-0.15, -0.1) is 0 Å². The predicted octanol–water partition coefficient (Wildman–Crippen LogP) is 4.63. The maximum absolute atomic E-state index is 10.0. The van der Waals surface area contributed by atoms with Crippen LogP contribution in [0, 0.1) is 5.92 Å². The zero-order chi connectivity index (χ0) is 16.8. The molecule has 1 N–H and O–H groups in total. The molecule has 1 aliphatic carbocycles. The third kappa shape index (κ3) is 4.68. The Morgan fingerprint density at radius 1 is 0.917 bits per heavy atom. The molecule has 0 aromatic heterocycles. The Bertz CT molecular complexity index is 554. The molecule has 2 aromatic carbocycles. The smallest absolute Gasteiger partial charge is 0.0540 e. The summed E-state index contributed by atoms with van der Waals surface area (Å²) in [5.74, 6) is 0.442. The van der Waals surface area contributed by atoms with Crippen LogP contribution < -0.4 is 0 Å². The van der Waals surface area contributed by atoms with Crippen molar-refractivity contribution in [2.24, 2.45) is 5.92 Å². The molecular formula is C22H29NO. The van der Waals surface area contributed by atoms with Crippen molar-refractivity contribution in [2.45, 2.75) is 57.8 Å². The van der Waals surface area contributed by atoms with Gasteiger partial charge in [0.1, 0.15) is 0 Å². The van der Waals surface area contributed by atoms with E-state index in [-0.39, 0.29) is 6.10 Å². The summed E-state index contributed by atoms with van der Waals surface area (Å²) < 4.78 is 0. The van der Waals surface area contributed by atoms with Crippen LogP contribution in [0.2, 0.25) is 0 Å². The highest BCUT2D eigenvalue weighted by Crippen LogP contribution is 2.31. The molecular weight excluding hydrogens is 294 g/mol. The molecule has 0 radical (unpaired) electrons. The van der Waals surface area contributed by atoms with Gasteiger partial charge >= 0.3 is 0 Å². The van der Waals surface area contributed by atoms with Crippen LogP contribution in [0.5, 0.6) is 0 Å². The summed E-state index contributed by atoms with van der Waals surface area (Å²) in [5, 5.41) is 10.0. The summed E-state index contributed by atoms with van der Waals surface area (Å²) in [6, 6.07) is 22.1.